The Balaban J connectivity index is 2.14. The van der Waals surface area contributed by atoms with Crippen molar-refractivity contribution < 1.29 is 18.0 Å². The standard InChI is InChI=1S/C14H15F3N4O/c1-9-8-11(21(2)20-9)18-13(22)19-12(14(15,16)17)10-6-4-3-5-7-10/h3-8,12H,1-2H3,(H2,18,19,22). The molecule has 0 fully saturated rings. The fraction of sp³-hybridized carbons (Fsp3) is 0.286. The molecule has 0 saturated carbocycles. The van der Waals surface area contributed by atoms with Crippen LogP contribution < -0.4 is 10.6 Å². The van der Waals surface area contributed by atoms with Gasteiger partial charge in [0.1, 0.15) is 5.82 Å². The molecule has 1 atom stereocenters. The molecule has 0 aliphatic heterocycles. The number of anilines is 1. The highest BCUT2D eigenvalue weighted by atomic mass is 19.4. The highest BCUT2D eigenvalue weighted by molar-refractivity contribution is 5.88. The van der Waals surface area contributed by atoms with E-state index in [1.54, 1.807) is 26.1 Å². The minimum Gasteiger partial charge on any atom is -0.322 e. The van der Waals surface area contributed by atoms with Gasteiger partial charge in [0.05, 0.1) is 5.69 Å². The van der Waals surface area contributed by atoms with Gasteiger partial charge in [-0.1, -0.05) is 30.3 Å². The summed E-state index contributed by atoms with van der Waals surface area (Å²) >= 11 is 0. The molecule has 0 aliphatic rings. The van der Waals surface area contributed by atoms with Gasteiger partial charge < -0.3 is 5.32 Å². The smallest absolute Gasteiger partial charge is 0.322 e. The predicted octanol–water partition coefficient (Wildman–Crippen LogP) is 3.15. The Kier molecular flexibility index (Phi) is 4.39. The number of nitrogens with zero attached hydrogens (tertiary/aromatic N) is 2. The number of rotatable bonds is 3. The first-order valence-corrected chi connectivity index (χ1v) is 6.47. The monoisotopic (exact) mass is 312 g/mol. The van der Waals surface area contributed by atoms with Crippen molar-refractivity contribution in [2.24, 2.45) is 7.05 Å². The van der Waals surface area contributed by atoms with Crippen LogP contribution in [-0.2, 0) is 7.05 Å². The summed E-state index contributed by atoms with van der Waals surface area (Å²) in [7, 11) is 1.58. The van der Waals surface area contributed by atoms with Crippen LogP contribution in [0.1, 0.15) is 17.3 Å². The van der Waals surface area contributed by atoms with Crippen molar-refractivity contribution in [3.05, 3.63) is 47.7 Å². The van der Waals surface area contributed by atoms with Gasteiger partial charge in [-0.3, -0.25) is 10.00 Å². The van der Waals surface area contributed by atoms with E-state index >= 15 is 0 Å². The fourth-order valence-corrected chi connectivity index (χ4v) is 2.01. The quantitative estimate of drug-likeness (QED) is 0.914. The van der Waals surface area contributed by atoms with Crippen molar-refractivity contribution in [1.29, 1.82) is 0 Å². The average molecular weight is 312 g/mol. The van der Waals surface area contributed by atoms with Gasteiger partial charge in [0.2, 0.25) is 0 Å². The van der Waals surface area contributed by atoms with Crippen LogP contribution in [0.25, 0.3) is 0 Å². The number of amides is 2. The van der Waals surface area contributed by atoms with Gasteiger partial charge >= 0.3 is 12.2 Å². The number of aryl methyl sites for hydroxylation is 2. The number of aromatic nitrogens is 2. The first-order chi connectivity index (χ1) is 10.3. The SMILES string of the molecule is Cc1cc(NC(=O)NC(c2ccccc2)C(F)(F)F)n(C)n1. The molecule has 0 saturated heterocycles. The molecule has 2 amide bonds. The highest BCUT2D eigenvalue weighted by Crippen LogP contribution is 2.32. The maximum atomic E-state index is 13.1. The van der Waals surface area contributed by atoms with E-state index in [4.69, 9.17) is 0 Å². The lowest BCUT2D eigenvalue weighted by Gasteiger charge is -2.22. The van der Waals surface area contributed by atoms with Crippen LogP contribution in [0.4, 0.5) is 23.8 Å². The third-order valence-electron chi connectivity index (χ3n) is 2.98. The molecule has 0 radical (unpaired) electrons. The molecule has 8 heteroatoms. The van der Waals surface area contributed by atoms with Gasteiger partial charge in [-0.2, -0.15) is 18.3 Å². The molecule has 2 N–H and O–H groups in total. The van der Waals surface area contributed by atoms with Gasteiger partial charge in [-0.15, -0.1) is 0 Å². The Morgan fingerprint density at radius 1 is 1.27 bits per heavy atom. The molecule has 1 heterocycles. The minimum absolute atomic E-state index is 0.0358. The van der Waals surface area contributed by atoms with Crippen LogP contribution >= 0.6 is 0 Å². The van der Waals surface area contributed by atoms with Crippen LogP contribution in [0.2, 0.25) is 0 Å². The van der Waals surface area contributed by atoms with Gasteiger partial charge in [-0.25, -0.2) is 4.79 Å². The Morgan fingerprint density at radius 2 is 1.91 bits per heavy atom. The number of carbonyl (C=O) groups is 1. The third kappa shape index (κ3) is 3.78. The molecular formula is C14H15F3N4O. The molecular weight excluding hydrogens is 297 g/mol. The molecule has 0 bridgehead atoms. The second kappa shape index (κ2) is 6.08. The number of alkyl halides is 3. The van der Waals surface area contributed by atoms with Crippen LogP contribution in [0.5, 0.6) is 0 Å². The molecule has 2 rings (SSSR count). The third-order valence-corrected chi connectivity index (χ3v) is 2.98. The van der Waals surface area contributed by atoms with E-state index in [1.165, 1.54) is 28.9 Å². The lowest BCUT2D eigenvalue weighted by atomic mass is 10.1. The lowest BCUT2D eigenvalue weighted by Crippen LogP contribution is -2.40. The molecule has 2 aromatic rings. The fourth-order valence-electron chi connectivity index (χ4n) is 2.01. The van der Waals surface area contributed by atoms with Crippen molar-refractivity contribution >= 4 is 11.8 Å². The second-order valence-electron chi connectivity index (χ2n) is 4.78. The van der Waals surface area contributed by atoms with Crippen molar-refractivity contribution in [1.82, 2.24) is 15.1 Å². The van der Waals surface area contributed by atoms with Crippen molar-refractivity contribution in [2.75, 3.05) is 5.32 Å². The molecule has 0 spiro atoms. The van der Waals surface area contributed by atoms with Crippen LogP contribution in [0.3, 0.4) is 0 Å². The number of hydrogen-bond donors (Lipinski definition) is 2. The van der Waals surface area contributed by atoms with E-state index in [-0.39, 0.29) is 5.56 Å². The van der Waals surface area contributed by atoms with Crippen molar-refractivity contribution in [3.8, 4) is 0 Å². The van der Waals surface area contributed by atoms with Crippen molar-refractivity contribution in [3.63, 3.8) is 0 Å². The van der Waals surface area contributed by atoms with Crippen LogP contribution in [0, 0.1) is 6.92 Å². The molecule has 118 valence electrons. The summed E-state index contributed by atoms with van der Waals surface area (Å²) in [6.45, 7) is 1.71. The normalized spacial score (nSPS) is 12.8. The zero-order chi connectivity index (χ0) is 16.3. The number of carbonyl (C=O) groups excluding carboxylic acids is 1. The van der Waals surface area contributed by atoms with Gasteiger partial charge in [-0.05, 0) is 12.5 Å². The van der Waals surface area contributed by atoms with E-state index in [0.29, 0.717) is 11.5 Å². The molecule has 0 aliphatic carbocycles. The maximum absolute atomic E-state index is 13.1. The number of benzene rings is 1. The van der Waals surface area contributed by atoms with Gasteiger partial charge in [0, 0.05) is 13.1 Å². The predicted molar refractivity (Wildman–Crippen MR) is 75.3 cm³/mol. The number of hydrogen-bond acceptors (Lipinski definition) is 2. The molecule has 1 aromatic heterocycles. The molecule has 1 aromatic carbocycles. The van der Waals surface area contributed by atoms with E-state index in [9.17, 15) is 18.0 Å². The number of halogens is 3. The highest BCUT2D eigenvalue weighted by Gasteiger charge is 2.41. The summed E-state index contributed by atoms with van der Waals surface area (Å²) in [5.41, 5.74) is 0.611. The van der Waals surface area contributed by atoms with E-state index in [2.05, 4.69) is 10.4 Å². The minimum atomic E-state index is -4.60. The number of urea groups is 1. The summed E-state index contributed by atoms with van der Waals surface area (Å²) in [6.07, 6.45) is -4.60. The first-order valence-electron chi connectivity index (χ1n) is 6.47. The van der Waals surface area contributed by atoms with Crippen LogP contribution in [0.15, 0.2) is 36.4 Å². The molecule has 1 unspecified atom stereocenters. The Labute approximate surface area is 125 Å². The Hall–Kier alpha value is -2.51. The average Bonchev–Trinajstić information content (AvgIpc) is 2.74. The second-order valence-corrected chi connectivity index (χ2v) is 4.78. The Bertz CT molecular complexity index is 652. The van der Waals surface area contributed by atoms with Gasteiger partial charge in [0.25, 0.3) is 0 Å². The Morgan fingerprint density at radius 3 is 2.41 bits per heavy atom. The summed E-state index contributed by atoms with van der Waals surface area (Å²) in [6, 6.07) is 5.73. The van der Waals surface area contributed by atoms with E-state index < -0.39 is 18.2 Å². The summed E-state index contributed by atoms with van der Waals surface area (Å²) < 4.78 is 40.8. The summed E-state index contributed by atoms with van der Waals surface area (Å²) in [5, 5.41) is 8.30. The summed E-state index contributed by atoms with van der Waals surface area (Å²) in [5.74, 6) is 0.309. The zero-order valence-electron chi connectivity index (χ0n) is 12.0. The number of nitrogens with one attached hydrogen (secondary N) is 2. The summed E-state index contributed by atoms with van der Waals surface area (Å²) in [4.78, 5) is 11.8. The first kappa shape index (κ1) is 15.9. The molecule has 22 heavy (non-hydrogen) atoms. The van der Waals surface area contributed by atoms with Crippen molar-refractivity contribution in [2.45, 2.75) is 19.1 Å². The lowest BCUT2D eigenvalue weighted by molar-refractivity contribution is -0.154. The maximum Gasteiger partial charge on any atom is 0.412 e. The van der Waals surface area contributed by atoms with Gasteiger partial charge in [0.15, 0.2) is 6.04 Å². The van der Waals surface area contributed by atoms with E-state index in [0.717, 1.165) is 0 Å². The largest absolute Gasteiger partial charge is 0.412 e. The topological polar surface area (TPSA) is 59.0 Å². The van der Waals surface area contributed by atoms with E-state index in [1.807, 2.05) is 5.32 Å². The van der Waals surface area contributed by atoms with Crippen LogP contribution in [-0.4, -0.2) is 22.0 Å². The zero-order valence-corrected chi connectivity index (χ0v) is 12.0. The molecule has 5 nitrogen and oxygen atoms in total.